The number of aromatic nitrogens is 2. The molecule has 1 aromatic heterocycles. The highest BCUT2D eigenvalue weighted by Gasteiger charge is 2.18. The molecule has 6 heteroatoms. The number of nitrogens with zero attached hydrogens (tertiary/aromatic N) is 3. The van der Waals surface area contributed by atoms with Gasteiger partial charge in [-0.2, -0.15) is 0 Å². The van der Waals surface area contributed by atoms with E-state index in [0.717, 1.165) is 50.9 Å². The van der Waals surface area contributed by atoms with Crippen LogP contribution in [0.15, 0.2) is 36.7 Å². The van der Waals surface area contributed by atoms with Crippen molar-refractivity contribution in [3.63, 3.8) is 0 Å². The van der Waals surface area contributed by atoms with Gasteiger partial charge in [0.05, 0.1) is 12.7 Å². The Kier molecular flexibility index (Phi) is 6.44. The lowest BCUT2D eigenvalue weighted by Crippen LogP contribution is -2.46. The number of imidazole rings is 1. The maximum absolute atomic E-state index is 5.81. The predicted octanol–water partition coefficient (Wildman–Crippen LogP) is 1.81. The molecule has 136 valence electrons. The lowest BCUT2D eigenvalue weighted by Gasteiger charge is -2.32. The first-order valence-corrected chi connectivity index (χ1v) is 8.97. The minimum absolute atomic E-state index is 0.286. The first kappa shape index (κ1) is 17.9. The summed E-state index contributed by atoms with van der Waals surface area (Å²) in [5, 5.41) is 3.49. The maximum Gasteiger partial charge on any atom is 0.146 e. The van der Waals surface area contributed by atoms with Crippen LogP contribution in [0.4, 0.5) is 0 Å². The molecule has 1 aromatic carbocycles. The van der Waals surface area contributed by atoms with Gasteiger partial charge in [0, 0.05) is 45.6 Å². The van der Waals surface area contributed by atoms with E-state index < -0.39 is 0 Å². The summed E-state index contributed by atoms with van der Waals surface area (Å²) in [4.78, 5) is 6.69. The van der Waals surface area contributed by atoms with Gasteiger partial charge >= 0.3 is 0 Å². The molecule has 0 aliphatic carbocycles. The van der Waals surface area contributed by atoms with Crippen LogP contribution in [0.1, 0.15) is 18.3 Å². The van der Waals surface area contributed by atoms with Crippen LogP contribution in [-0.2, 0) is 24.9 Å². The van der Waals surface area contributed by atoms with Gasteiger partial charge in [-0.15, -0.1) is 0 Å². The van der Waals surface area contributed by atoms with Crippen LogP contribution in [0.5, 0.6) is 5.75 Å². The van der Waals surface area contributed by atoms with Crippen LogP contribution >= 0.6 is 0 Å². The summed E-state index contributed by atoms with van der Waals surface area (Å²) in [5.41, 5.74) is 1.24. The Balaban J connectivity index is 1.39. The van der Waals surface area contributed by atoms with Gasteiger partial charge < -0.3 is 19.4 Å². The van der Waals surface area contributed by atoms with Crippen LogP contribution in [0.3, 0.4) is 0 Å². The molecule has 0 bridgehead atoms. The van der Waals surface area contributed by atoms with E-state index in [1.807, 2.05) is 29.9 Å². The summed E-state index contributed by atoms with van der Waals surface area (Å²) in [7, 11) is 1.97. The van der Waals surface area contributed by atoms with Crippen molar-refractivity contribution in [2.24, 2.45) is 7.05 Å². The highest BCUT2D eigenvalue weighted by Crippen LogP contribution is 2.14. The van der Waals surface area contributed by atoms with Gasteiger partial charge in [0.25, 0.3) is 0 Å². The number of ether oxygens (including phenoxy) is 2. The summed E-state index contributed by atoms with van der Waals surface area (Å²) < 4.78 is 13.6. The van der Waals surface area contributed by atoms with Crippen LogP contribution in [0, 0.1) is 0 Å². The third kappa shape index (κ3) is 5.29. The summed E-state index contributed by atoms with van der Waals surface area (Å²) in [6, 6.07) is 8.22. The molecule has 2 aromatic rings. The Morgan fingerprint density at radius 1 is 1.32 bits per heavy atom. The lowest BCUT2D eigenvalue weighted by molar-refractivity contribution is -0.0253. The third-order valence-corrected chi connectivity index (χ3v) is 4.58. The summed E-state index contributed by atoms with van der Waals surface area (Å²) >= 11 is 0. The zero-order chi connectivity index (χ0) is 17.5. The van der Waals surface area contributed by atoms with Gasteiger partial charge in [-0.05, 0) is 24.2 Å². The fourth-order valence-electron chi connectivity index (χ4n) is 2.96. The number of nitrogens with one attached hydrogen (secondary N) is 1. The lowest BCUT2D eigenvalue weighted by atomic mass is 10.2. The average Bonchev–Trinajstić information content (AvgIpc) is 3.06. The maximum atomic E-state index is 5.81. The third-order valence-electron chi connectivity index (χ3n) is 4.58. The normalized spacial score (nSPS) is 18.4. The first-order valence-electron chi connectivity index (χ1n) is 8.97. The summed E-state index contributed by atoms with van der Waals surface area (Å²) in [5.74, 6) is 1.78. The first-order chi connectivity index (χ1) is 12.2. The van der Waals surface area contributed by atoms with Crippen LogP contribution < -0.4 is 10.1 Å². The number of likely N-dealkylation sites (N-methyl/N-ethyl adjacent to an activating group) is 1. The van der Waals surface area contributed by atoms with E-state index in [1.54, 1.807) is 6.20 Å². The highest BCUT2D eigenvalue weighted by atomic mass is 16.5. The Morgan fingerprint density at radius 3 is 2.88 bits per heavy atom. The van der Waals surface area contributed by atoms with Gasteiger partial charge in [0.15, 0.2) is 0 Å². The number of aryl methyl sites for hydroxylation is 1. The van der Waals surface area contributed by atoms with Crippen LogP contribution in [0.2, 0.25) is 0 Å². The van der Waals surface area contributed by atoms with Gasteiger partial charge in [-0.1, -0.05) is 19.1 Å². The summed E-state index contributed by atoms with van der Waals surface area (Å²) in [6.07, 6.45) is 3.99. The van der Waals surface area contributed by atoms with E-state index in [9.17, 15) is 0 Å². The van der Waals surface area contributed by atoms with Gasteiger partial charge in [-0.25, -0.2) is 4.98 Å². The molecular formula is C19H28N4O2. The number of benzene rings is 1. The zero-order valence-electron chi connectivity index (χ0n) is 15.1. The number of hydrogen-bond donors (Lipinski definition) is 1. The topological polar surface area (TPSA) is 51.6 Å². The summed E-state index contributed by atoms with van der Waals surface area (Å²) in [6.45, 7) is 8.40. The average molecular weight is 344 g/mol. The van der Waals surface area contributed by atoms with Crippen molar-refractivity contribution in [1.82, 2.24) is 19.8 Å². The molecular weight excluding hydrogens is 316 g/mol. The van der Waals surface area contributed by atoms with E-state index in [4.69, 9.17) is 9.47 Å². The van der Waals surface area contributed by atoms with E-state index in [0.29, 0.717) is 6.61 Å². The molecule has 1 saturated heterocycles. The van der Waals surface area contributed by atoms with Crippen molar-refractivity contribution in [2.45, 2.75) is 26.2 Å². The Hall–Kier alpha value is -1.89. The fraction of sp³-hybridized carbons (Fsp3) is 0.526. The molecule has 0 amide bonds. The molecule has 6 nitrogen and oxygen atoms in total. The number of rotatable bonds is 8. The standard InChI is InChI=1S/C19H28N4O2/c1-3-23-10-11-24-18(14-23)13-20-12-16-4-6-17(7-5-16)25-15-19-21-8-9-22(19)2/h4-9,18,20H,3,10-15H2,1-2H3/t18-/m0/s1. The zero-order valence-corrected chi connectivity index (χ0v) is 15.1. The van der Waals surface area contributed by atoms with Crippen molar-refractivity contribution in [2.75, 3.05) is 32.8 Å². The second kappa shape index (κ2) is 8.99. The smallest absolute Gasteiger partial charge is 0.146 e. The molecule has 0 spiro atoms. The van der Waals surface area contributed by atoms with E-state index >= 15 is 0 Å². The van der Waals surface area contributed by atoms with Gasteiger partial charge in [0.2, 0.25) is 0 Å². The molecule has 1 aliphatic heterocycles. The van der Waals surface area contributed by atoms with Crippen molar-refractivity contribution in [3.05, 3.63) is 48.0 Å². The Bertz CT molecular complexity index is 641. The Morgan fingerprint density at radius 2 is 2.16 bits per heavy atom. The van der Waals surface area contributed by atoms with E-state index in [-0.39, 0.29) is 6.10 Å². The van der Waals surface area contributed by atoms with Crippen molar-refractivity contribution < 1.29 is 9.47 Å². The molecule has 1 N–H and O–H groups in total. The molecule has 25 heavy (non-hydrogen) atoms. The second-order valence-corrected chi connectivity index (χ2v) is 6.40. The van der Waals surface area contributed by atoms with Crippen molar-refractivity contribution in [3.8, 4) is 5.75 Å². The molecule has 1 atom stereocenters. The van der Waals surface area contributed by atoms with Gasteiger partial charge in [0.1, 0.15) is 18.2 Å². The molecule has 2 heterocycles. The van der Waals surface area contributed by atoms with Crippen LogP contribution in [-0.4, -0.2) is 53.3 Å². The number of hydrogen-bond acceptors (Lipinski definition) is 5. The molecule has 0 saturated carbocycles. The second-order valence-electron chi connectivity index (χ2n) is 6.40. The Labute approximate surface area is 149 Å². The minimum atomic E-state index is 0.286. The molecule has 1 aliphatic rings. The van der Waals surface area contributed by atoms with Crippen LogP contribution in [0.25, 0.3) is 0 Å². The van der Waals surface area contributed by atoms with Crippen molar-refractivity contribution >= 4 is 0 Å². The van der Waals surface area contributed by atoms with E-state index in [2.05, 4.69) is 34.3 Å². The molecule has 1 fully saturated rings. The quantitative estimate of drug-likeness (QED) is 0.791. The van der Waals surface area contributed by atoms with E-state index in [1.165, 1.54) is 5.56 Å². The molecule has 0 radical (unpaired) electrons. The predicted molar refractivity (Wildman–Crippen MR) is 97.5 cm³/mol. The monoisotopic (exact) mass is 344 g/mol. The SMILES string of the molecule is CCN1CCO[C@@H](CNCc2ccc(OCc3nccn3C)cc2)C1. The van der Waals surface area contributed by atoms with Gasteiger partial charge in [-0.3, -0.25) is 4.90 Å². The largest absolute Gasteiger partial charge is 0.486 e. The minimum Gasteiger partial charge on any atom is -0.486 e. The molecule has 3 rings (SSSR count). The van der Waals surface area contributed by atoms with Crippen molar-refractivity contribution in [1.29, 1.82) is 0 Å². The molecule has 0 unspecified atom stereocenters. The number of morpholine rings is 1. The fourth-order valence-corrected chi connectivity index (χ4v) is 2.96. The highest BCUT2D eigenvalue weighted by molar-refractivity contribution is 5.27.